The monoisotopic (exact) mass is 314 g/mol. The second-order valence-corrected chi connectivity index (χ2v) is 6.20. The summed E-state index contributed by atoms with van der Waals surface area (Å²) in [6.45, 7) is 1.72. The van der Waals surface area contributed by atoms with E-state index in [9.17, 15) is 18.0 Å². The zero-order chi connectivity index (χ0) is 16.0. The van der Waals surface area contributed by atoms with Gasteiger partial charge < -0.3 is 15.4 Å². The molecule has 7 heteroatoms. The van der Waals surface area contributed by atoms with E-state index in [1.165, 1.54) is 18.2 Å². The number of ether oxygens (including phenoxy) is 1. The lowest BCUT2D eigenvalue weighted by molar-refractivity contribution is -0.274. The number of carbonyl (C=O) groups excluding carboxylic acids is 1. The number of benzene rings is 1. The molecule has 0 aliphatic heterocycles. The smallest absolute Gasteiger partial charge is 0.406 e. The lowest BCUT2D eigenvalue weighted by atomic mass is 9.50. The number of hydrogen-bond acceptors (Lipinski definition) is 2. The molecule has 0 heterocycles. The number of nitrogens with one attached hydrogen (secondary N) is 2. The molecule has 3 aliphatic rings. The number of carbonyl (C=O) groups is 1. The Morgan fingerprint density at radius 3 is 2.59 bits per heavy atom. The Labute approximate surface area is 126 Å². The van der Waals surface area contributed by atoms with Gasteiger partial charge in [0.15, 0.2) is 0 Å². The van der Waals surface area contributed by atoms with Crippen LogP contribution in [0.15, 0.2) is 24.3 Å². The summed E-state index contributed by atoms with van der Waals surface area (Å²) in [4.78, 5) is 11.9. The Morgan fingerprint density at radius 1 is 1.36 bits per heavy atom. The van der Waals surface area contributed by atoms with Crippen LogP contribution in [0, 0.1) is 5.92 Å². The highest BCUT2D eigenvalue weighted by atomic mass is 19.4. The third-order valence-corrected chi connectivity index (χ3v) is 4.36. The van der Waals surface area contributed by atoms with Gasteiger partial charge in [-0.05, 0) is 49.8 Å². The SMILES string of the molecule is C[C@H](NC(=O)NC12CC(C1)C2)c1cccc(OC(F)(F)F)c1. The quantitative estimate of drug-likeness (QED) is 0.893. The van der Waals surface area contributed by atoms with Gasteiger partial charge in [-0.3, -0.25) is 0 Å². The molecule has 3 aliphatic carbocycles. The Morgan fingerprint density at radius 2 is 2.05 bits per heavy atom. The second-order valence-electron chi connectivity index (χ2n) is 6.20. The van der Waals surface area contributed by atoms with Crippen molar-refractivity contribution in [1.82, 2.24) is 10.6 Å². The number of halogens is 3. The molecule has 0 spiro atoms. The minimum atomic E-state index is -4.73. The van der Waals surface area contributed by atoms with Crippen molar-refractivity contribution in [2.75, 3.05) is 0 Å². The van der Waals surface area contributed by atoms with Crippen LogP contribution in [-0.4, -0.2) is 17.9 Å². The van der Waals surface area contributed by atoms with Crippen molar-refractivity contribution in [2.45, 2.75) is 44.1 Å². The number of alkyl halides is 3. The Kier molecular flexibility index (Phi) is 3.45. The lowest BCUT2D eigenvalue weighted by Crippen LogP contribution is -2.69. The molecular formula is C15H17F3N2O2. The first-order valence-corrected chi connectivity index (χ1v) is 7.19. The van der Waals surface area contributed by atoms with Crippen LogP contribution < -0.4 is 15.4 Å². The second kappa shape index (κ2) is 5.07. The van der Waals surface area contributed by atoms with Crippen LogP contribution in [0.5, 0.6) is 5.75 Å². The van der Waals surface area contributed by atoms with E-state index in [0.717, 1.165) is 25.2 Å². The highest BCUT2D eigenvalue weighted by Crippen LogP contribution is 2.56. The molecule has 120 valence electrons. The topological polar surface area (TPSA) is 50.4 Å². The maximum absolute atomic E-state index is 12.2. The first-order valence-electron chi connectivity index (χ1n) is 7.19. The van der Waals surface area contributed by atoms with Gasteiger partial charge in [0.05, 0.1) is 6.04 Å². The van der Waals surface area contributed by atoms with Crippen molar-refractivity contribution in [3.63, 3.8) is 0 Å². The van der Waals surface area contributed by atoms with E-state index in [0.29, 0.717) is 5.56 Å². The van der Waals surface area contributed by atoms with E-state index < -0.39 is 12.4 Å². The molecule has 22 heavy (non-hydrogen) atoms. The van der Waals surface area contributed by atoms with Crippen molar-refractivity contribution >= 4 is 6.03 Å². The number of hydrogen-bond donors (Lipinski definition) is 2. The molecule has 2 bridgehead atoms. The van der Waals surface area contributed by atoms with Gasteiger partial charge in [-0.2, -0.15) is 0 Å². The number of amides is 2. The minimum Gasteiger partial charge on any atom is -0.406 e. The van der Waals surface area contributed by atoms with Crippen molar-refractivity contribution in [3.05, 3.63) is 29.8 Å². The molecule has 4 nitrogen and oxygen atoms in total. The van der Waals surface area contributed by atoms with Crippen LogP contribution >= 0.6 is 0 Å². The lowest BCUT2D eigenvalue weighted by Gasteiger charge is -2.61. The van der Waals surface area contributed by atoms with Gasteiger partial charge in [0, 0.05) is 5.54 Å². The summed E-state index contributed by atoms with van der Waals surface area (Å²) in [5.41, 5.74) is 0.518. The Hall–Kier alpha value is -1.92. The standard InChI is InChI=1S/C15H17F3N2O2/c1-9(19-13(21)20-14-6-10(7-14)8-14)11-3-2-4-12(5-11)22-15(16,17)18/h2-5,9-10H,6-8H2,1H3,(H2,19,20,21)/t9-,10?,14?/m0/s1. The summed E-state index contributed by atoms with van der Waals surface area (Å²) in [6, 6.07) is 4.92. The van der Waals surface area contributed by atoms with Crippen LogP contribution in [0.1, 0.15) is 37.8 Å². The zero-order valence-corrected chi connectivity index (χ0v) is 12.0. The molecule has 0 radical (unpaired) electrons. The summed E-state index contributed by atoms with van der Waals surface area (Å²) in [6.07, 6.45) is -1.63. The molecule has 0 unspecified atom stereocenters. The van der Waals surface area contributed by atoms with Crippen LogP contribution in [0.25, 0.3) is 0 Å². The van der Waals surface area contributed by atoms with E-state index in [4.69, 9.17) is 0 Å². The molecule has 3 saturated carbocycles. The summed E-state index contributed by atoms with van der Waals surface area (Å²) < 4.78 is 40.5. The van der Waals surface area contributed by atoms with Crippen LogP contribution in [-0.2, 0) is 0 Å². The van der Waals surface area contributed by atoms with E-state index in [1.807, 2.05) is 0 Å². The fourth-order valence-electron chi connectivity index (χ4n) is 3.17. The maximum atomic E-state index is 12.2. The fraction of sp³-hybridized carbons (Fsp3) is 0.533. The average molecular weight is 314 g/mol. The molecule has 2 N–H and O–H groups in total. The van der Waals surface area contributed by atoms with E-state index >= 15 is 0 Å². The van der Waals surface area contributed by atoms with E-state index in [2.05, 4.69) is 15.4 Å². The van der Waals surface area contributed by atoms with Gasteiger partial charge >= 0.3 is 12.4 Å². The van der Waals surface area contributed by atoms with Gasteiger partial charge in [-0.25, -0.2) is 4.79 Å². The minimum absolute atomic E-state index is 0.0320. The van der Waals surface area contributed by atoms with Crippen molar-refractivity contribution < 1.29 is 22.7 Å². The first-order chi connectivity index (χ1) is 10.2. The van der Waals surface area contributed by atoms with Gasteiger partial charge in [-0.15, -0.1) is 13.2 Å². The molecular weight excluding hydrogens is 297 g/mol. The highest BCUT2D eigenvalue weighted by Gasteiger charge is 2.57. The molecule has 2 amide bonds. The van der Waals surface area contributed by atoms with Crippen molar-refractivity contribution in [1.29, 1.82) is 0 Å². The first kappa shape index (κ1) is 15.0. The average Bonchev–Trinajstić information content (AvgIpc) is 2.30. The zero-order valence-electron chi connectivity index (χ0n) is 12.0. The Bertz CT molecular complexity index is 571. The molecule has 4 rings (SSSR count). The third kappa shape index (κ3) is 3.13. The van der Waals surface area contributed by atoms with E-state index in [-0.39, 0.29) is 17.3 Å². The summed E-state index contributed by atoms with van der Waals surface area (Å²) in [5, 5.41) is 5.70. The number of urea groups is 1. The fourth-order valence-corrected chi connectivity index (χ4v) is 3.17. The van der Waals surface area contributed by atoms with Gasteiger partial charge in [-0.1, -0.05) is 12.1 Å². The van der Waals surface area contributed by atoms with Gasteiger partial charge in [0.1, 0.15) is 5.75 Å². The van der Waals surface area contributed by atoms with Crippen LogP contribution in [0.2, 0.25) is 0 Å². The van der Waals surface area contributed by atoms with E-state index in [1.54, 1.807) is 13.0 Å². The molecule has 1 aromatic carbocycles. The maximum Gasteiger partial charge on any atom is 0.573 e. The molecule has 1 aromatic rings. The van der Waals surface area contributed by atoms with Gasteiger partial charge in [0.25, 0.3) is 0 Å². The summed E-state index contributed by atoms with van der Waals surface area (Å²) in [5.74, 6) is 0.465. The highest BCUT2D eigenvalue weighted by molar-refractivity contribution is 5.76. The molecule has 0 aromatic heterocycles. The van der Waals surface area contributed by atoms with Crippen LogP contribution in [0.3, 0.4) is 0 Å². The van der Waals surface area contributed by atoms with Crippen molar-refractivity contribution in [3.8, 4) is 5.75 Å². The predicted octanol–water partition coefficient (Wildman–Crippen LogP) is 3.50. The molecule has 0 saturated heterocycles. The molecule has 3 fully saturated rings. The Balaban J connectivity index is 1.58. The third-order valence-electron chi connectivity index (χ3n) is 4.36. The van der Waals surface area contributed by atoms with Gasteiger partial charge in [0.2, 0.25) is 0 Å². The van der Waals surface area contributed by atoms with Crippen molar-refractivity contribution in [2.24, 2.45) is 5.92 Å². The summed E-state index contributed by atoms with van der Waals surface area (Å²) >= 11 is 0. The summed E-state index contributed by atoms with van der Waals surface area (Å²) in [7, 11) is 0. The molecule has 1 atom stereocenters. The normalized spacial score (nSPS) is 27.2. The number of rotatable bonds is 4. The largest absolute Gasteiger partial charge is 0.573 e. The van der Waals surface area contributed by atoms with Crippen LogP contribution in [0.4, 0.5) is 18.0 Å². The predicted molar refractivity (Wildman–Crippen MR) is 73.3 cm³/mol.